The first-order valence-electron chi connectivity index (χ1n) is 4.88. The first-order valence-corrected chi connectivity index (χ1v) is 4.88. The van der Waals surface area contributed by atoms with Gasteiger partial charge in [0.15, 0.2) is 19.6 Å². The Balaban J connectivity index is 2.04. The van der Waals surface area contributed by atoms with Crippen molar-refractivity contribution in [1.29, 1.82) is 0 Å². The summed E-state index contributed by atoms with van der Waals surface area (Å²) in [6.07, 6.45) is 0.992. The Labute approximate surface area is 73.7 Å². The summed E-state index contributed by atoms with van der Waals surface area (Å²) < 4.78 is 14.7. The van der Waals surface area contributed by atoms with Gasteiger partial charge in [-0.2, -0.15) is 0 Å². The van der Waals surface area contributed by atoms with E-state index >= 15 is 0 Å². The summed E-state index contributed by atoms with van der Waals surface area (Å²) in [5.74, 6) is 0. The molecule has 1 radical (unpaired) electrons. The molecule has 3 aliphatic rings. The van der Waals surface area contributed by atoms with Gasteiger partial charge in [0.2, 0.25) is 0 Å². The van der Waals surface area contributed by atoms with Crippen LogP contribution in [-0.2, 0) is 0 Å². The smallest absolute Gasteiger partial charge is 0.164 e. The van der Waals surface area contributed by atoms with Crippen LogP contribution in [0, 0.1) is 6.92 Å². The van der Waals surface area contributed by atoms with Gasteiger partial charge in [-0.15, -0.1) is 4.71 Å². The Morgan fingerprint density at radius 1 is 1.00 bits per heavy atom. The molecule has 69 valence electrons. The van der Waals surface area contributed by atoms with E-state index in [2.05, 4.69) is 6.92 Å². The first kappa shape index (κ1) is 8.45. The van der Waals surface area contributed by atoms with Crippen LogP contribution >= 0.6 is 0 Å². The van der Waals surface area contributed by atoms with E-state index in [-0.39, 0.29) is 4.71 Å². The van der Waals surface area contributed by atoms with Gasteiger partial charge in [0.25, 0.3) is 0 Å². The van der Waals surface area contributed by atoms with E-state index in [1.807, 2.05) is 0 Å². The van der Waals surface area contributed by atoms with Crippen molar-refractivity contribution in [2.45, 2.75) is 6.42 Å². The zero-order valence-corrected chi connectivity index (χ0v) is 7.64. The molecule has 0 amide bonds. The van der Waals surface area contributed by atoms with Crippen molar-refractivity contribution in [3.63, 3.8) is 0 Å². The van der Waals surface area contributed by atoms with Gasteiger partial charge in [0.05, 0.1) is 6.54 Å². The molecule has 0 aromatic heterocycles. The molecule has 3 heterocycles. The van der Waals surface area contributed by atoms with Gasteiger partial charge >= 0.3 is 0 Å². The molecule has 0 spiro atoms. The van der Waals surface area contributed by atoms with Crippen LogP contribution in [0.4, 0.5) is 4.48 Å². The highest BCUT2D eigenvalue weighted by Crippen LogP contribution is 2.26. The summed E-state index contributed by atoms with van der Waals surface area (Å²) in [5.41, 5.74) is 0. The molecule has 12 heavy (non-hydrogen) atoms. The summed E-state index contributed by atoms with van der Waals surface area (Å²) in [4.78, 5) is 0. The Kier molecular flexibility index (Phi) is 1.88. The summed E-state index contributed by atoms with van der Waals surface area (Å²) >= 11 is 0. The van der Waals surface area contributed by atoms with Crippen molar-refractivity contribution in [3.05, 3.63) is 6.92 Å². The third-order valence-electron chi connectivity index (χ3n) is 3.56. The quantitative estimate of drug-likeness (QED) is 0.427. The normalized spacial score (nSPS) is 46.5. The van der Waals surface area contributed by atoms with E-state index in [1.165, 1.54) is 0 Å². The molecular weight excluding hydrogens is 155 g/mol. The van der Waals surface area contributed by atoms with Crippen molar-refractivity contribution >= 4 is 0 Å². The molecule has 0 aromatic carbocycles. The predicted molar refractivity (Wildman–Crippen MR) is 45.7 cm³/mol. The van der Waals surface area contributed by atoms with E-state index in [0.29, 0.717) is 0 Å². The molecule has 0 N–H and O–H groups in total. The highest BCUT2D eigenvalue weighted by Gasteiger charge is 2.50. The lowest BCUT2D eigenvalue weighted by molar-refractivity contribution is -1.15. The van der Waals surface area contributed by atoms with E-state index in [1.54, 1.807) is 0 Å². The van der Waals surface area contributed by atoms with Crippen molar-refractivity contribution in [1.82, 2.24) is 0 Å². The number of piperazine rings is 3. The molecule has 0 atom stereocenters. The molecule has 3 saturated heterocycles. The molecule has 2 nitrogen and oxygen atoms in total. The minimum absolute atomic E-state index is 0.156. The van der Waals surface area contributed by atoms with Gasteiger partial charge in [-0.05, 0) is 17.8 Å². The van der Waals surface area contributed by atoms with Gasteiger partial charge in [0, 0.05) is 0 Å². The number of rotatable bonds is 2. The lowest BCUT2D eigenvalue weighted by Crippen LogP contribution is -2.72. The standard InChI is InChI=1S/C9H18FN2/c1-2-3-11-4-7-12(10,8-5-11)9-6-11/h1-9H2/q+2. The molecule has 3 aliphatic heterocycles. The van der Waals surface area contributed by atoms with Crippen LogP contribution in [0.25, 0.3) is 0 Å². The topological polar surface area (TPSA) is 0 Å². The molecule has 0 saturated carbocycles. The van der Waals surface area contributed by atoms with E-state index < -0.39 is 0 Å². The molecule has 0 aliphatic carbocycles. The largest absolute Gasteiger partial charge is 0.309 e. The van der Waals surface area contributed by atoms with Crippen molar-refractivity contribution < 1.29 is 13.7 Å². The van der Waals surface area contributed by atoms with Gasteiger partial charge in [-0.3, -0.25) is 0 Å². The fourth-order valence-electron chi connectivity index (χ4n) is 2.52. The Hall–Kier alpha value is -0.150. The second kappa shape index (κ2) is 2.67. The Morgan fingerprint density at radius 3 is 1.92 bits per heavy atom. The van der Waals surface area contributed by atoms with Crippen LogP contribution in [0.1, 0.15) is 6.42 Å². The Morgan fingerprint density at radius 2 is 1.50 bits per heavy atom. The number of hydrogen-bond acceptors (Lipinski definition) is 0. The molecule has 0 unspecified atom stereocenters. The zero-order chi connectivity index (χ0) is 8.66. The molecule has 0 aromatic rings. The van der Waals surface area contributed by atoms with Gasteiger partial charge in [-0.25, -0.2) is 0 Å². The van der Waals surface area contributed by atoms with Crippen LogP contribution in [0.3, 0.4) is 0 Å². The highest BCUT2D eigenvalue weighted by molar-refractivity contribution is 4.58. The third kappa shape index (κ3) is 1.25. The van der Waals surface area contributed by atoms with Gasteiger partial charge in [-0.1, -0.05) is 0 Å². The monoisotopic (exact) mass is 173 g/mol. The predicted octanol–water partition coefficient (Wildman–Crippen LogP) is 0.756. The first-order chi connectivity index (χ1) is 5.68. The summed E-state index contributed by atoms with van der Waals surface area (Å²) in [6, 6.07) is 0. The molecule has 3 heteroatoms. The van der Waals surface area contributed by atoms with Crippen molar-refractivity contribution in [3.8, 4) is 0 Å². The zero-order valence-electron chi connectivity index (χ0n) is 7.64. The average molecular weight is 173 g/mol. The minimum atomic E-state index is -0.156. The summed E-state index contributed by atoms with van der Waals surface area (Å²) in [7, 11) is 0. The van der Waals surface area contributed by atoms with E-state index in [4.69, 9.17) is 0 Å². The Bertz CT molecular complexity index is 157. The molecule has 3 rings (SSSR count). The SMILES string of the molecule is [CH2]CC[N+]12CC[N+](F)(CC1)CC2. The number of nitrogens with zero attached hydrogens (tertiary/aromatic N) is 2. The van der Waals surface area contributed by atoms with E-state index in [9.17, 15) is 4.48 Å². The fraction of sp³-hybridized carbons (Fsp3) is 0.889. The number of hydrogen-bond donors (Lipinski definition) is 0. The number of halogens is 1. The maximum absolute atomic E-state index is 13.7. The van der Waals surface area contributed by atoms with Crippen LogP contribution in [-0.4, -0.2) is 55.0 Å². The molecule has 3 fully saturated rings. The van der Waals surface area contributed by atoms with Crippen LogP contribution in [0.2, 0.25) is 0 Å². The number of fused-ring (bicyclic) bond motifs is 3. The maximum Gasteiger partial charge on any atom is 0.164 e. The van der Waals surface area contributed by atoms with Crippen LogP contribution in [0.5, 0.6) is 0 Å². The summed E-state index contributed by atoms with van der Waals surface area (Å²) in [6.45, 7) is 10.4. The van der Waals surface area contributed by atoms with Crippen molar-refractivity contribution in [2.24, 2.45) is 0 Å². The third-order valence-corrected chi connectivity index (χ3v) is 3.56. The van der Waals surface area contributed by atoms with Crippen LogP contribution in [0.15, 0.2) is 0 Å². The second-order valence-electron chi connectivity index (χ2n) is 4.29. The lowest BCUT2D eigenvalue weighted by atomic mass is 10.1. The average Bonchev–Trinajstić information content (AvgIpc) is 2.08. The highest BCUT2D eigenvalue weighted by atomic mass is 19.2. The summed E-state index contributed by atoms with van der Waals surface area (Å²) in [5, 5.41) is 0. The lowest BCUT2D eigenvalue weighted by Gasteiger charge is -2.49. The molecular formula is C9H18FN2+2. The van der Waals surface area contributed by atoms with Gasteiger partial charge in [0.1, 0.15) is 19.6 Å². The van der Waals surface area contributed by atoms with Crippen molar-refractivity contribution in [2.75, 3.05) is 45.8 Å². The molecule has 2 bridgehead atoms. The van der Waals surface area contributed by atoms with E-state index in [0.717, 1.165) is 56.7 Å². The van der Waals surface area contributed by atoms with Gasteiger partial charge < -0.3 is 4.48 Å². The number of quaternary nitrogens is 2. The minimum Gasteiger partial charge on any atom is -0.309 e. The fourth-order valence-corrected chi connectivity index (χ4v) is 2.52. The second-order valence-corrected chi connectivity index (χ2v) is 4.29. The maximum atomic E-state index is 13.7. The van der Waals surface area contributed by atoms with Crippen LogP contribution < -0.4 is 0 Å².